The molecule has 0 aliphatic carbocycles. The number of fused-ring (bicyclic) bond motifs is 1. The second-order valence-corrected chi connectivity index (χ2v) is 5.52. The molecule has 0 saturated carbocycles. The number of aryl methyl sites for hydroxylation is 1. The average molecular weight is 289 g/mol. The lowest BCUT2D eigenvalue weighted by molar-refractivity contribution is 0.637. The molecule has 0 spiro atoms. The highest BCUT2D eigenvalue weighted by Crippen LogP contribution is 2.29. The maximum Gasteiger partial charge on any atom is 0.151 e. The Bertz CT molecular complexity index is 777. The lowest BCUT2D eigenvalue weighted by atomic mass is 10.2. The van der Waals surface area contributed by atoms with Gasteiger partial charge in [-0.25, -0.2) is 9.37 Å². The monoisotopic (exact) mass is 288 g/mol. The molecule has 1 atom stereocenters. The van der Waals surface area contributed by atoms with Gasteiger partial charge in [0, 0.05) is 5.69 Å². The van der Waals surface area contributed by atoms with Gasteiger partial charge in [-0.2, -0.15) is 0 Å². The van der Waals surface area contributed by atoms with Crippen molar-refractivity contribution in [2.45, 2.75) is 19.2 Å². The molecule has 0 fully saturated rings. The SMILES string of the molecule is Cc1cccc(-n2c(C(C)Cl)nc3c(F)cccc32)c1. The van der Waals surface area contributed by atoms with Gasteiger partial charge in [-0.05, 0) is 43.7 Å². The van der Waals surface area contributed by atoms with E-state index in [4.69, 9.17) is 11.6 Å². The van der Waals surface area contributed by atoms with Crippen LogP contribution < -0.4 is 0 Å². The largest absolute Gasteiger partial charge is 0.295 e. The third kappa shape index (κ3) is 2.08. The number of rotatable bonds is 2. The lowest BCUT2D eigenvalue weighted by Gasteiger charge is -2.11. The molecule has 3 rings (SSSR count). The Morgan fingerprint density at radius 3 is 2.65 bits per heavy atom. The zero-order valence-electron chi connectivity index (χ0n) is 11.3. The lowest BCUT2D eigenvalue weighted by Crippen LogP contribution is -2.02. The zero-order chi connectivity index (χ0) is 14.3. The van der Waals surface area contributed by atoms with Crippen LogP contribution in [0.5, 0.6) is 0 Å². The highest BCUT2D eigenvalue weighted by molar-refractivity contribution is 6.20. The first-order chi connectivity index (χ1) is 9.58. The van der Waals surface area contributed by atoms with Crippen LogP contribution in [0, 0.1) is 12.7 Å². The molecule has 0 saturated heterocycles. The Kier molecular flexibility index (Phi) is 3.22. The Balaban J connectivity index is 2.38. The van der Waals surface area contributed by atoms with E-state index in [-0.39, 0.29) is 11.2 Å². The van der Waals surface area contributed by atoms with Crippen LogP contribution in [0.3, 0.4) is 0 Å². The topological polar surface area (TPSA) is 17.8 Å². The van der Waals surface area contributed by atoms with E-state index in [2.05, 4.69) is 4.98 Å². The van der Waals surface area contributed by atoms with Crippen molar-refractivity contribution >= 4 is 22.6 Å². The fourth-order valence-electron chi connectivity index (χ4n) is 2.39. The summed E-state index contributed by atoms with van der Waals surface area (Å²) in [6.07, 6.45) is 0. The number of aromatic nitrogens is 2. The van der Waals surface area contributed by atoms with Gasteiger partial charge in [0.25, 0.3) is 0 Å². The Labute approximate surface area is 121 Å². The van der Waals surface area contributed by atoms with E-state index in [0.717, 1.165) is 16.8 Å². The fourth-order valence-corrected chi connectivity index (χ4v) is 2.53. The van der Waals surface area contributed by atoms with Crippen LogP contribution >= 0.6 is 11.6 Å². The molecule has 0 aliphatic heterocycles. The molecule has 0 radical (unpaired) electrons. The van der Waals surface area contributed by atoms with Gasteiger partial charge in [-0.3, -0.25) is 4.57 Å². The Morgan fingerprint density at radius 2 is 1.95 bits per heavy atom. The molecule has 0 bridgehead atoms. The van der Waals surface area contributed by atoms with Crippen LogP contribution in [0.1, 0.15) is 23.7 Å². The molecule has 1 heterocycles. The molecule has 4 heteroatoms. The molecule has 102 valence electrons. The van der Waals surface area contributed by atoms with Gasteiger partial charge < -0.3 is 0 Å². The molecular formula is C16H14ClFN2. The first kappa shape index (κ1) is 13.1. The number of imidazole rings is 1. The standard InChI is InChI=1S/C16H14ClFN2/c1-10-5-3-6-12(9-10)20-14-8-4-7-13(18)15(14)19-16(20)11(2)17/h3-9,11H,1-2H3. The summed E-state index contributed by atoms with van der Waals surface area (Å²) in [6.45, 7) is 3.86. The summed E-state index contributed by atoms with van der Waals surface area (Å²) >= 11 is 6.22. The molecule has 0 aliphatic rings. The molecule has 3 aromatic rings. The molecule has 0 amide bonds. The van der Waals surface area contributed by atoms with E-state index in [0.29, 0.717) is 11.3 Å². The van der Waals surface area contributed by atoms with Crippen molar-refractivity contribution in [1.82, 2.24) is 9.55 Å². The van der Waals surface area contributed by atoms with Crippen molar-refractivity contribution in [3.8, 4) is 5.69 Å². The minimum atomic E-state index is -0.326. The first-order valence-corrected chi connectivity index (χ1v) is 6.89. The van der Waals surface area contributed by atoms with Crippen molar-refractivity contribution in [3.63, 3.8) is 0 Å². The van der Waals surface area contributed by atoms with Gasteiger partial charge in [0.2, 0.25) is 0 Å². The van der Waals surface area contributed by atoms with Crippen LogP contribution in [-0.2, 0) is 0 Å². The predicted molar refractivity (Wildman–Crippen MR) is 80.0 cm³/mol. The molecule has 1 unspecified atom stereocenters. The maximum absolute atomic E-state index is 13.9. The van der Waals surface area contributed by atoms with Crippen LogP contribution in [0.25, 0.3) is 16.7 Å². The van der Waals surface area contributed by atoms with E-state index in [1.165, 1.54) is 6.07 Å². The predicted octanol–water partition coefficient (Wildman–Crippen LogP) is 4.77. The Hall–Kier alpha value is -1.87. The molecular weight excluding hydrogens is 275 g/mol. The van der Waals surface area contributed by atoms with Gasteiger partial charge in [0.15, 0.2) is 5.82 Å². The molecule has 0 N–H and O–H groups in total. The average Bonchev–Trinajstić information content (AvgIpc) is 2.80. The molecule has 2 aromatic carbocycles. The van der Waals surface area contributed by atoms with Crippen molar-refractivity contribution in [1.29, 1.82) is 0 Å². The number of halogens is 2. The number of nitrogens with zero attached hydrogens (tertiary/aromatic N) is 2. The van der Waals surface area contributed by atoms with Crippen molar-refractivity contribution < 1.29 is 4.39 Å². The van der Waals surface area contributed by atoms with Crippen molar-refractivity contribution in [2.75, 3.05) is 0 Å². The summed E-state index contributed by atoms with van der Waals surface area (Å²) in [7, 11) is 0. The number of para-hydroxylation sites is 1. The normalized spacial score (nSPS) is 12.8. The summed E-state index contributed by atoms with van der Waals surface area (Å²) in [6, 6.07) is 13.0. The third-order valence-electron chi connectivity index (χ3n) is 3.28. The molecule has 20 heavy (non-hydrogen) atoms. The van der Waals surface area contributed by atoms with Gasteiger partial charge in [-0.1, -0.05) is 18.2 Å². The summed E-state index contributed by atoms with van der Waals surface area (Å²) in [4.78, 5) is 4.37. The van der Waals surface area contributed by atoms with Crippen LogP contribution in [0.15, 0.2) is 42.5 Å². The van der Waals surface area contributed by atoms with Crippen LogP contribution in [0.4, 0.5) is 4.39 Å². The number of hydrogen-bond donors (Lipinski definition) is 0. The van der Waals surface area contributed by atoms with Gasteiger partial charge in [-0.15, -0.1) is 11.6 Å². The Morgan fingerprint density at radius 1 is 1.20 bits per heavy atom. The summed E-state index contributed by atoms with van der Waals surface area (Å²) in [5.41, 5.74) is 3.17. The molecule has 2 nitrogen and oxygen atoms in total. The number of benzene rings is 2. The van der Waals surface area contributed by atoms with Gasteiger partial charge in [0.1, 0.15) is 11.3 Å². The summed E-state index contributed by atoms with van der Waals surface area (Å²) < 4.78 is 15.8. The minimum absolute atomic E-state index is 0.303. The quantitative estimate of drug-likeness (QED) is 0.621. The number of alkyl halides is 1. The first-order valence-electron chi connectivity index (χ1n) is 6.46. The van der Waals surface area contributed by atoms with E-state index in [9.17, 15) is 4.39 Å². The summed E-state index contributed by atoms with van der Waals surface area (Å²) in [5, 5.41) is -0.303. The smallest absolute Gasteiger partial charge is 0.151 e. The van der Waals surface area contributed by atoms with Gasteiger partial charge >= 0.3 is 0 Å². The fraction of sp³-hybridized carbons (Fsp3) is 0.188. The third-order valence-corrected chi connectivity index (χ3v) is 3.47. The van der Waals surface area contributed by atoms with E-state index >= 15 is 0 Å². The maximum atomic E-state index is 13.9. The highest BCUT2D eigenvalue weighted by atomic mass is 35.5. The van der Waals surface area contributed by atoms with E-state index in [1.807, 2.05) is 48.7 Å². The zero-order valence-corrected chi connectivity index (χ0v) is 12.0. The van der Waals surface area contributed by atoms with Crippen molar-refractivity contribution in [3.05, 3.63) is 59.7 Å². The van der Waals surface area contributed by atoms with E-state index in [1.54, 1.807) is 6.07 Å². The highest BCUT2D eigenvalue weighted by Gasteiger charge is 2.18. The summed E-state index contributed by atoms with van der Waals surface area (Å²) in [5.74, 6) is 0.324. The van der Waals surface area contributed by atoms with Crippen LogP contribution in [0.2, 0.25) is 0 Å². The van der Waals surface area contributed by atoms with Gasteiger partial charge in [0.05, 0.1) is 10.9 Å². The second-order valence-electron chi connectivity index (χ2n) is 4.87. The molecule has 1 aromatic heterocycles. The van der Waals surface area contributed by atoms with E-state index < -0.39 is 0 Å². The second kappa shape index (κ2) is 4.91. The minimum Gasteiger partial charge on any atom is -0.295 e. The number of hydrogen-bond acceptors (Lipinski definition) is 1. The van der Waals surface area contributed by atoms with Crippen LogP contribution in [-0.4, -0.2) is 9.55 Å². The van der Waals surface area contributed by atoms with Crippen molar-refractivity contribution in [2.24, 2.45) is 0 Å².